The maximum atomic E-state index is 10.3. The van der Waals surface area contributed by atoms with Crippen LogP contribution in [0, 0.1) is 0 Å². The average molecular weight is 251 g/mol. The summed E-state index contributed by atoms with van der Waals surface area (Å²) in [5.41, 5.74) is 0.399. The minimum atomic E-state index is -0.663. The first-order chi connectivity index (χ1) is 8.72. The molecule has 0 atom stereocenters. The van der Waals surface area contributed by atoms with Crippen molar-refractivity contribution in [3.05, 3.63) is 29.8 Å². The molecule has 0 spiro atoms. The van der Waals surface area contributed by atoms with Crippen molar-refractivity contribution in [3.8, 4) is 5.75 Å². The Labute approximate surface area is 108 Å². The summed E-state index contributed by atoms with van der Waals surface area (Å²) < 4.78 is 10.8. The number of piperidine rings is 1. The Morgan fingerprint density at radius 1 is 1.33 bits per heavy atom. The maximum absolute atomic E-state index is 10.3. The van der Waals surface area contributed by atoms with Gasteiger partial charge in [-0.05, 0) is 43.6 Å². The van der Waals surface area contributed by atoms with Crippen molar-refractivity contribution in [2.24, 2.45) is 0 Å². The Morgan fingerprint density at radius 2 is 2.11 bits per heavy atom. The fourth-order valence-electron chi connectivity index (χ4n) is 2.16. The second-order valence-corrected chi connectivity index (χ2v) is 4.82. The van der Waals surface area contributed by atoms with E-state index in [1.54, 1.807) is 7.11 Å². The highest BCUT2D eigenvalue weighted by atomic mass is 16.5. The van der Waals surface area contributed by atoms with Crippen LogP contribution in [0.2, 0.25) is 0 Å². The van der Waals surface area contributed by atoms with Crippen LogP contribution in [0.4, 0.5) is 0 Å². The third-order valence-corrected chi connectivity index (χ3v) is 3.31. The number of rotatable bonds is 5. The highest BCUT2D eigenvalue weighted by Gasteiger charge is 2.29. The lowest BCUT2D eigenvalue weighted by molar-refractivity contribution is -0.0687. The number of nitrogens with one attached hydrogen (secondary N) is 1. The largest absolute Gasteiger partial charge is 0.497 e. The van der Waals surface area contributed by atoms with Crippen LogP contribution in [-0.4, -0.2) is 37.5 Å². The molecule has 18 heavy (non-hydrogen) atoms. The topological polar surface area (TPSA) is 50.7 Å². The number of methoxy groups -OCH3 is 1. The third-order valence-electron chi connectivity index (χ3n) is 3.31. The fourth-order valence-corrected chi connectivity index (χ4v) is 2.16. The van der Waals surface area contributed by atoms with E-state index < -0.39 is 5.60 Å². The van der Waals surface area contributed by atoms with E-state index in [2.05, 4.69) is 5.32 Å². The number of hydrogen-bond acceptors (Lipinski definition) is 4. The molecule has 1 aromatic rings. The molecule has 0 radical (unpaired) electrons. The van der Waals surface area contributed by atoms with Crippen LogP contribution in [0.3, 0.4) is 0 Å². The first-order valence-corrected chi connectivity index (χ1v) is 6.36. The van der Waals surface area contributed by atoms with Gasteiger partial charge in [-0.25, -0.2) is 0 Å². The molecule has 0 saturated carbocycles. The summed E-state index contributed by atoms with van der Waals surface area (Å²) in [6.45, 7) is 2.62. The van der Waals surface area contributed by atoms with Crippen molar-refractivity contribution in [1.82, 2.24) is 5.32 Å². The van der Waals surface area contributed by atoms with Gasteiger partial charge in [-0.1, -0.05) is 12.1 Å². The Balaban J connectivity index is 1.80. The lowest BCUT2D eigenvalue weighted by atomic mass is 9.94. The van der Waals surface area contributed by atoms with Crippen LogP contribution in [0.1, 0.15) is 18.4 Å². The molecule has 0 aromatic heterocycles. The second kappa shape index (κ2) is 6.18. The second-order valence-electron chi connectivity index (χ2n) is 4.82. The SMILES string of the molecule is COc1cccc(COCC2(O)CCNCC2)c1. The molecule has 1 aliphatic heterocycles. The quantitative estimate of drug-likeness (QED) is 0.829. The Bertz CT molecular complexity index is 375. The molecule has 0 amide bonds. The summed E-state index contributed by atoms with van der Waals surface area (Å²) in [5.74, 6) is 0.830. The highest BCUT2D eigenvalue weighted by Crippen LogP contribution is 2.19. The fraction of sp³-hybridized carbons (Fsp3) is 0.571. The number of ether oxygens (including phenoxy) is 2. The predicted octanol–water partition coefficient (Wildman–Crippen LogP) is 1.33. The minimum Gasteiger partial charge on any atom is -0.497 e. The van der Waals surface area contributed by atoms with Crippen molar-refractivity contribution >= 4 is 0 Å². The van der Waals surface area contributed by atoms with Crippen molar-refractivity contribution < 1.29 is 14.6 Å². The zero-order valence-electron chi connectivity index (χ0n) is 10.8. The van der Waals surface area contributed by atoms with Crippen LogP contribution in [-0.2, 0) is 11.3 Å². The number of hydrogen-bond donors (Lipinski definition) is 2. The molecule has 0 unspecified atom stereocenters. The molecule has 4 heteroatoms. The summed E-state index contributed by atoms with van der Waals surface area (Å²) in [7, 11) is 1.65. The molecular formula is C14H21NO3. The Kier molecular flexibility index (Phi) is 4.58. The lowest BCUT2D eigenvalue weighted by Gasteiger charge is -2.32. The van der Waals surface area contributed by atoms with Crippen LogP contribution < -0.4 is 10.1 Å². The monoisotopic (exact) mass is 251 g/mol. The van der Waals surface area contributed by atoms with E-state index in [9.17, 15) is 5.11 Å². The van der Waals surface area contributed by atoms with Gasteiger partial charge >= 0.3 is 0 Å². The molecule has 0 bridgehead atoms. The van der Waals surface area contributed by atoms with Crippen molar-refractivity contribution in [2.75, 3.05) is 26.8 Å². The van der Waals surface area contributed by atoms with Crippen LogP contribution in [0.15, 0.2) is 24.3 Å². The molecule has 2 N–H and O–H groups in total. The Hall–Kier alpha value is -1.10. The molecule has 1 saturated heterocycles. The van der Waals surface area contributed by atoms with Gasteiger partial charge in [0.25, 0.3) is 0 Å². The molecule has 1 aromatic carbocycles. The zero-order chi connectivity index (χ0) is 12.8. The molecule has 4 nitrogen and oxygen atoms in total. The molecule has 1 aliphatic rings. The van der Waals surface area contributed by atoms with E-state index in [1.807, 2.05) is 24.3 Å². The summed E-state index contributed by atoms with van der Waals surface area (Å²) >= 11 is 0. The summed E-state index contributed by atoms with van der Waals surface area (Å²) in [6.07, 6.45) is 1.51. The normalized spacial score (nSPS) is 18.6. The van der Waals surface area contributed by atoms with E-state index in [1.165, 1.54) is 0 Å². The third kappa shape index (κ3) is 3.70. The van der Waals surface area contributed by atoms with Gasteiger partial charge in [0, 0.05) is 0 Å². The summed E-state index contributed by atoms with van der Waals surface area (Å²) in [5, 5.41) is 13.5. The van der Waals surface area contributed by atoms with Crippen LogP contribution >= 0.6 is 0 Å². The van der Waals surface area contributed by atoms with Gasteiger partial charge in [-0.2, -0.15) is 0 Å². The number of benzene rings is 1. The van der Waals surface area contributed by atoms with Crippen molar-refractivity contribution in [2.45, 2.75) is 25.0 Å². The van der Waals surface area contributed by atoms with Gasteiger partial charge in [0.15, 0.2) is 0 Å². The van der Waals surface area contributed by atoms with E-state index in [0.717, 1.165) is 37.2 Å². The van der Waals surface area contributed by atoms with Gasteiger partial charge in [-0.15, -0.1) is 0 Å². The molecule has 100 valence electrons. The maximum Gasteiger partial charge on any atom is 0.119 e. The lowest BCUT2D eigenvalue weighted by Crippen LogP contribution is -2.45. The van der Waals surface area contributed by atoms with Gasteiger partial charge in [0.05, 0.1) is 25.9 Å². The van der Waals surface area contributed by atoms with E-state index in [-0.39, 0.29) is 0 Å². The minimum absolute atomic E-state index is 0.395. The van der Waals surface area contributed by atoms with Crippen LogP contribution in [0.5, 0.6) is 5.75 Å². The summed E-state index contributed by atoms with van der Waals surface area (Å²) in [4.78, 5) is 0. The van der Waals surface area contributed by atoms with Gasteiger partial charge < -0.3 is 19.9 Å². The Morgan fingerprint density at radius 3 is 2.83 bits per heavy atom. The van der Waals surface area contributed by atoms with E-state index in [4.69, 9.17) is 9.47 Å². The first kappa shape index (κ1) is 13.3. The smallest absolute Gasteiger partial charge is 0.119 e. The van der Waals surface area contributed by atoms with Crippen molar-refractivity contribution in [1.29, 1.82) is 0 Å². The zero-order valence-corrected chi connectivity index (χ0v) is 10.8. The van der Waals surface area contributed by atoms with Crippen molar-refractivity contribution in [3.63, 3.8) is 0 Å². The predicted molar refractivity (Wildman–Crippen MR) is 69.7 cm³/mol. The van der Waals surface area contributed by atoms with Gasteiger partial charge in [-0.3, -0.25) is 0 Å². The van der Waals surface area contributed by atoms with Gasteiger partial charge in [0.1, 0.15) is 5.75 Å². The van der Waals surface area contributed by atoms with Crippen LogP contribution in [0.25, 0.3) is 0 Å². The molecule has 0 aliphatic carbocycles. The van der Waals surface area contributed by atoms with E-state index >= 15 is 0 Å². The standard InChI is InChI=1S/C14H21NO3/c1-17-13-4-2-3-12(9-13)10-18-11-14(16)5-7-15-8-6-14/h2-4,9,15-16H,5-8,10-11H2,1H3. The number of aliphatic hydroxyl groups is 1. The molecule has 1 heterocycles. The first-order valence-electron chi connectivity index (χ1n) is 6.36. The average Bonchev–Trinajstić information content (AvgIpc) is 2.40. The molecular weight excluding hydrogens is 230 g/mol. The van der Waals surface area contributed by atoms with E-state index in [0.29, 0.717) is 13.2 Å². The highest BCUT2D eigenvalue weighted by molar-refractivity contribution is 5.27. The molecule has 2 rings (SSSR count). The molecule has 1 fully saturated rings. The van der Waals surface area contributed by atoms with Gasteiger partial charge in [0.2, 0.25) is 0 Å². The summed E-state index contributed by atoms with van der Waals surface area (Å²) in [6, 6.07) is 7.79.